The lowest BCUT2D eigenvalue weighted by Gasteiger charge is -2.46. The van der Waals surface area contributed by atoms with Gasteiger partial charge in [-0.15, -0.1) is 0 Å². The van der Waals surface area contributed by atoms with Crippen molar-refractivity contribution in [3.05, 3.63) is 169 Å². The number of aromatic nitrogens is 8. The van der Waals surface area contributed by atoms with Crippen LogP contribution in [-0.4, -0.2) is 111 Å². The van der Waals surface area contributed by atoms with Gasteiger partial charge in [-0.05, 0) is 172 Å². The van der Waals surface area contributed by atoms with E-state index in [0.717, 1.165) is 165 Å². The summed E-state index contributed by atoms with van der Waals surface area (Å²) >= 11 is 0. The van der Waals surface area contributed by atoms with Gasteiger partial charge in [0.05, 0.1) is 28.2 Å². The van der Waals surface area contributed by atoms with Crippen molar-refractivity contribution in [2.75, 3.05) is 63.8 Å². The van der Waals surface area contributed by atoms with Crippen molar-refractivity contribution < 1.29 is 0 Å². The van der Waals surface area contributed by atoms with E-state index in [9.17, 15) is 10.5 Å². The maximum absolute atomic E-state index is 9.49. The van der Waals surface area contributed by atoms with Gasteiger partial charge >= 0.3 is 0 Å². The highest BCUT2D eigenvalue weighted by molar-refractivity contribution is 5.87. The first-order valence-corrected chi connectivity index (χ1v) is 29.0. The topological polar surface area (TPSA) is 200 Å². The molecule has 4 saturated heterocycles. The van der Waals surface area contributed by atoms with Crippen LogP contribution in [0.3, 0.4) is 0 Å². The summed E-state index contributed by atoms with van der Waals surface area (Å²) in [5, 5.41) is 18.9. The zero-order valence-corrected chi connectivity index (χ0v) is 46.4. The minimum Gasteiger partial charge on any atom is -0.383 e. The van der Waals surface area contributed by atoms with Gasteiger partial charge in [-0.1, -0.05) is 72.8 Å². The molecule has 4 aromatic carbocycles. The fourth-order valence-electron chi connectivity index (χ4n) is 13.4. The molecular formula is C67H64N16. The van der Waals surface area contributed by atoms with Crippen LogP contribution < -0.4 is 11.5 Å². The second kappa shape index (κ2) is 21.4. The normalized spacial score (nSPS) is 17.1. The number of pyridine rings is 4. The highest BCUT2D eigenvalue weighted by Gasteiger charge is 2.41. The number of hydrogen-bond acceptors (Lipinski definition) is 14. The Morgan fingerprint density at radius 3 is 1.46 bits per heavy atom. The van der Waals surface area contributed by atoms with Crippen LogP contribution in [0.15, 0.2) is 158 Å². The van der Waals surface area contributed by atoms with Crippen LogP contribution in [0.2, 0.25) is 0 Å². The van der Waals surface area contributed by atoms with E-state index in [4.69, 9.17) is 36.4 Å². The standard InChI is InChI=1S/C67H64N16/c68-44-80-37-27-66(28-38-80)25-33-78(34-26-66)41-46-13-17-52(18-14-46)83-63(77-58-23-21-55(74-64(58)83)48-6-2-1-3-7-48)54-19-20-56(73-61(54)71)49-8-4-9-50(40-49)57-22-24-59-65(75-57)82(62(76-59)53-10-5-32-72-60(53)70)51-15-11-47(12-16-51)42-79-35-29-67(30-36-79)31-39-81(43-67)45-69/h1-24,32,40H,25-31,33-39,41-43H2,(H2,70,72)(H2,71,73). The Hall–Kier alpha value is -9.48. The second-order valence-electron chi connectivity index (χ2n) is 23.4. The van der Waals surface area contributed by atoms with Crippen LogP contribution in [0, 0.1) is 33.7 Å². The summed E-state index contributed by atoms with van der Waals surface area (Å²) in [5.41, 5.74) is 28.1. The van der Waals surface area contributed by atoms with Crippen molar-refractivity contribution in [2.45, 2.75) is 58.0 Å². The summed E-state index contributed by atoms with van der Waals surface area (Å²) in [6.45, 7) is 9.48. The number of hydrogen-bond donors (Lipinski definition) is 2. The molecule has 0 radical (unpaired) electrons. The summed E-state index contributed by atoms with van der Waals surface area (Å²) in [5.74, 6) is 2.06. The summed E-state index contributed by atoms with van der Waals surface area (Å²) in [4.78, 5) is 39.4. The van der Waals surface area contributed by atoms with E-state index in [2.05, 4.69) is 109 Å². The molecule has 83 heavy (non-hydrogen) atoms. The Labute approximate surface area is 482 Å². The van der Waals surface area contributed by atoms with Crippen LogP contribution in [0.25, 0.3) is 90.3 Å². The highest BCUT2D eigenvalue weighted by Crippen LogP contribution is 2.43. The third kappa shape index (κ3) is 10.0. The maximum Gasteiger partial charge on any atom is 0.179 e. The minimum absolute atomic E-state index is 0.275. The SMILES string of the molecule is N#CN1CCC2(CC1)CCN(Cc1ccc(-n3c(-c4ccc(-c5cccc(-c6ccc7nc(-c8cccnc8N)n(-c8ccc(CN9CCC%10(CCN(C#N)C%10)CC9)cc8)c7n6)c5)nc4N)nc4ccc(-c5ccccc5)nc43)cc1)CC2. The Balaban J connectivity index is 0.747. The van der Waals surface area contributed by atoms with Gasteiger partial charge in [0.2, 0.25) is 0 Å². The fraction of sp³-hybridized carbons (Fsp3) is 0.284. The van der Waals surface area contributed by atoms with E-state index in [1.807, 2.05) is 88.7 Å². The van der Waals surface area contributed by atoms with Crippen LogP contribution in [0.5, 0.6) is 0 Å². The van der Waals surface area contributed by atoms with Crippen molar-refractivity contribution in [3.63, 3.8) is 0 Å². The smallest absolute Gasteiger partial charge is 0.179 e. The molecule has 0 bridgehead atoms. The number of imidazole rings is 2. The zero-order valence-electron chi connectivity index (χ0n) is 46.4. The van der Waals surface area contributed by atoms with Crippen molar-refractivity contribution in [1.29, 1.82) is 10.5 Å². The molecule has 0 amide bonds. The number of piperidine rings is 3. The quantitative estimate of drug-likeness (QED) is 0.116. The average molecular weight is 1090 g/mol. The monoisotopic (exact) mass is 1090 g/mol. The highest BCUT2D eigenvalue weighted by atomic mass is 15.2. The molecule has 0 saturated carbocycles. The molecule has 10 heterocycles. The number of likely N-dealkylation sites (tertiary alicyclic amines) is 4. The van der Waals surface area contributed by atoms with Gasteiger partial charge in [0, 0.05) is 73.5 Å². The van der Waals surface area contributed by atoms with Gasteiger partial charge in [-0.25, -0.2) is 29.9 Å². The predicted octanol–water partition coefficient (Wildman–Crippen LogP) is 11.4. The van der Waals surface area contributed by atoms with Crippen LogP contribution >= 0.6 is 0 Å². The molecule has 14 rings (SSSR count). The lowest BCUT2D eigenvalue weighted by Crippen LogP contribution is -2.45. The van der Waals surface area contributed by atoms with Crippen molar-refractivity contribution in [1.82, 2.24) is 58.6 Å². The summed E-state index contributed by atoms with van der Waals surface area (Å²) in [7, 11) is 0. The second-order valence-corrected chi connectivity index (χ2v) is 23.4. The zero-order chi connectivity index (χ0) is 56.1. The molecule has 6 aromatic heterocycles. The van der Waals surface area contributed by atoms with E-state index in [-0.39, 0.29) is 5.41 Å². The number of rotatable bonds is 11. The van der Waals surface area contributed by atoms with Crippen molar-refractivity contribution >= 4 is 34.0 Å². The number of anilines is 2. The number of nitrogens with zero attached hydrogens (tertiary/aromatic N) is 14. The van der Waals surface area contributed by atoms with E-state index < -0.39 is 0 Å². The molecule has 0 unspecified atom stereocenters. The van der Waals surface area contributed by atoms with Gasteiger partial charge in [-0.3, -0.25) is 18.9 Å². The molecule has 16 nitrogen and oxygen atoms in total. The van der Waals surface area contributed by atoms with E-state index in [0.29, 0.717) is 39.9 Å². The summed E-state index contributed by atoms with van der Waals surface area (Å²) in [6, 6.07) is 51.9. The summed E-state index contributed by atoms with van der Waals surface area (Å²) in [6.07, 6.45) is 14.4. The lowest BCUT2D eigenvalue weighted by molar-refractivity contribution is 0.0473. The number of nitrogen functional groups attached to an aromatic ring is 2. The van der Waals surface area contributed by atoms with Crippen LogP contribution in [0.1, 0.15) is 56.1 Å². The third-order valence-electron chi connectivity index (χ3n) is 18.4. The fourth-order valence-corrected chi connectivity index (χ4v) is 13.4. The Kier molecular flexibility index (Phi) is 13.3. The van der Waals surface area contributed by atoms with Crippen LogP contribution in [-0.2, 0) is 13.1 Å². The number of nitriles is 2. The van der Waals surface area contributed by atoms with Gasteiger partial charge in [-0.2, -0.15) is 10.5 Å². The molecule has 0 aliphatic carbocycles. The number of nitrogens with two attached hydrogens (primary N) is 2. The Morgan fingerprint density at radius 1 is 0.434 bits per heavy atom. The molecule has 2 spiro atoms. The molecule has 4 aliphatic heterocycles. The average Bonchev–Trinajstić information content (AvgIpc) is 4.23. The van der Waals surface area contributed by atoms with Crippen molar-refractivity contribution in [2.24, 2.45) is 10.8 Å². The third-order valence-corrected chi connectivity index (χ3v) is 18.4. The molecule has 4 fully saturated rings. The van der Waals surface area contributed by atoms with Crippen molar-refractivity contribution in [3.8, 4) is 80.3 Å². The Morgan fingerprint density at radius 2 is 0.916 bits per heavy atom. The summed E-state index contributed by atoms with van der Waals surface area (Å²) < 4.78 is 4.19. The first kappa shape index (κ1) is 51.7. The molecule has 412 valence electrons. The lowest BCUT2D eigenvalue weighted by atomic mass is 9.71. The molecule has 0 atom stereocenters. The minimum atomic E-state index is 0.275. The van der Waals surface area contributed by atoms with Gasteiger partial charge < -0.3 is 21.3 Å². The number of benzene rings is 4. The Bertz CT molecular complexity index is 4110. The first-order valence-electron chi connectivity index (χ1n) is 29.0. The van der Waals surface area contributed by atoms with E-state index in [1.54, 1.807) is 6.20 Å². The van der Waals surface area contributed by atoms with Gasteiger partial charge in [0.25, 0.3) is 0 Å². The van der Waals surface area contributed by atoms with E-state index in [1.165, 1.54) is 24.0 Å². The molecule has 16 heteroatoms. The molecule has 4 aliphatic rings. The largest absolute Gasteiger partial charge is 0.383 e. The molecule has 4 N–H and O–H groups in total. The predicted molar refractivity (Wildman–Crippen MR) is 325 cm³/mol. The molecular weight excluding hydrogens is 1030 g/mol. The van der Waals surface area contributed by atoms with Gasteiger partial charge in [0.15, 0.2) is 35.3 Å². The number of fused-ring (bicyclic) bond motifs is 2. The molecule has 10 aromatic rings. The maximum atomic E-state index is 9.49. The van der Waals surface area contributed by atoms with E-state index >= 15 is 0 Å². The van der Waals surface area contributed by atoms with Crippen LogP contribution in [0.4, 0.5) is 11.6 Å². The van der Waals surface area contributed by atoms with Gasteiger partial charge in [0.1, 0.15) is 22.7 Å². The first-order chi connectivity index (χ1) is 40.7.